The molecule has 0 radical (unpaired) electrons. The molecule has 2 rings (SSSR count). The van der Waals surface area contributed by atoms with E-state index in [9.17, 15) is 33.9 Å². The Bertz CT molecular complexity index is 1600. The van der Waals surface area contributed by atoms with Crippen molar-refractivity contribution in [1.29, 1.82) is 0 Å². The zero-order valence-electron chi connectivity index (χ0n) is 42.7. The van der Waals surface area contributed by atoms with Gasteiger partial charge in [0.15, 0.2) is 6.10 Å². The molecule has 5 amide bonds. The van der Waals surface area contributed by atoms with Crippen molar-refractivity contribution in [3.05, 3.63) is 35.9 Å². The van der Waals surface area contributed by atoms with Gasteiger partial charge in [-0.1, -0.05) is 30.3 Å². The van der Waals surface area contributed by atoms with E-state index in [2.05, 4.69) is 26.6 Å². The molecule has 0 heterocycles. The number of nitrogens with one attached hydrogen (secondary N) is 5. The van der Waals surface area contributed by atoms with Crippen LogP contribution in [0.4, 0.5) is 0 Å². The third-order valence-electron chi connectivity index (χ3n) is 9.90. The fourth-order valence-electron chi connectivity index (χ4n) is 5.96. The smallest absolute Gasteiger partial charge is 0.333 e. The monoisotopic (exact) mass is 1060 g/mol. The molecular weight excluding hydrogens is 981 g/mol. The summed E-state index contributed by atoms with van der Waals surface area (Å²) < 4.78 is 70.5. The lowest BCUT2D eigenvalue weighted by Crippen LogP contribution is -2.52. The maximum absolute atomic E-state index is 13.0. The topological polar surface area (TPSA) is 329 Å². The van der Waals surface area contributed by atoms with Crippen LogP contribution in [0.5, 0.6) is 0 Å². The number of rotatable bonds is 53. The van der Waals surface area contributed by atoms with Crippen molar-refractivity contribution in [1.82, 2.24) is 26.6 Å². The number of carbonyl (C=O) groups excluding carboxylic acids is 5. The quantitative estimate of drug-likeness (QED) is 0.0263. The number of aliphatic carboxylic acids is 1. The van der Waals surface area contributed by atoms with E-state index in [0.717, 1.165) is 18.4 Å². The van der Waals surface area contributed by atoms with Gasteiger partial charge in [0, 0.05) is 19.4 Å². The highest BCUT2D eigenvalue weighted by Crippen LogP contribution is 2.34. The molecule has 0 saturated heterocycles. The van der Waals surface area contributed by atoms with Gasteiger partial charge < -0.3 is 99.0 Å². The Morgan fingerprint density at radius 2 is 0.838 bits per heavy atom. The van der Waals surface area contributed by atoms with E-state index in [1.165, 1.54) is 0 Å². The van der Waals surface area contributed by atoms with Crippen LogP contribution < -0.4 is 32.3 Å². The van der Waals surface area contributed by atoms with E-state index in [1.54, 1.807) is 30.3 Å². The Balaban J connectivity index is 1.32. The molecule has 1 aromatic rings. The molecule has 424 valence electrons. The van der Waals surface area contributed by atoms with Crippen LogP contribution in [0.1, 0.15) is 24.8 Å². The van der Waals surface area contributed by atoms with Gasteiger partial charge in [0.1, 0.15) is 12.8 Å². The average Bonchev–Trinajstić information content (AvgIpc) is 4.24. The van der Waals surface area contributed by atoms with Crippen LogP contribution in [0.3, 0.4) is 0 Å². The normalized spacial score (nSPS) is 13.0. The molecule has 8 N–H and O–H groups in total. The molecule has 1 saturated carbocycles. The summed E-state index contributed by atoms with van der Waals surface area (Å²) in [5, 5.41) is 21.5. The fourth-order valence-corrected chi connectivity index (χ4v) is 5.96. The molecule has 0 bridgehead atoms. The van der Waals surface area contributed by atoms with E-state index in [4.69, 9.17) is 67.3 Å². The van der Waals surface area contributed by atoms with E-state index in [-0.39, 0.29) is 45.2 Å². The van der Waals surface area contributed by atoms with Gasteiger partial charge in [-0.15, -0.1) is 0 Å². The first-order valence-corrected chi connectivity index (χ1v) is 25.1. The summed E-state index contributed by atoms with van der Waals surface area (Å²) in [6, 6.07) is 7.75. The fraction of sp³-hybridized carbons (Fsp3) is 0.750. The molecule has 1 aromatic carbocycles. The number of ether oxygens (including phenoxy) is 13. The first-order chi connectivity index (χ1) is 36.2. The number of carboxylic acids is 1. The summed E-state index contributed by atoms with van der Waals surface area (Å²) in [6.07, 6.45) is 0.550. The van der Waals surface area contributed by atoms with Gasteiger partial charge in [-0.05, 0) is 24.3 Å². The Labute approximate surface area is 433 Å². The van der Waals surface area contributed by atoms with Crippen LogP contribution in [-0.4, -0.2) is 244 Å². The third-order valence-corrected chi connectivity index (χ3v) is 9.90. The maximum atomic E-state index is 13.0. The molecule has 2 atom stereocenters. The largest absolute Gasteiger partial charge is 0.479 e. The zero-order chi connectivity index (χ0) is 53.4. The number of nitrogens with two attached hydrogens (primary N) is 1. The van der Waals surface area contributed by atoms with Gasteiger partial charge in [0.2, 0.25) is 29.5 Å². The lowest BCUT2D eigenvalue weighted by Gasteiger charge is -2.19. The van der Waals surface area contributed by atoms with Gasteiger partial charge in [-0.25, -0.2) is 4.79 Å². The molecule has 74 heavy (non-hydrogen) atoms. The van der Waals surface area contributed by atoms with E-state index < -0.39 is 60.7 Å². The zero-order valence-corrected chi connectivity index (χ0v) is 42.7. The number of carbonyl (C=O) groups is 6. The molecule has 26 nitrogen and oxygen atoms in total. The Morgan fingerprint density at radius 1 is 0.473 bits per heavy atom. The lowest BCUT2D eigenvalue weighted by molar-refractivity contribution is -0.153. The molecule has 1 aliphatic rings. The second kappa shape index (κ2) is 47.0. The molecule has 26 heteroatoms. The Hall–Kier alpha value is -4.52. The van der Waals surface area contributed by atoms with Crippen LogP contribution >= 0.6 is 0 Å². The number of hydrogen-bond acceptors (Lipinski definition) is 20. The first-order valence-electron chi connectivity index (χ1n) is 25.1. The van der Waals surface area contributed by atoms with Gasteiger partial charge >= 0.3 is 5.97 Å². The summed E-state index contributed by atoms with van der Waals surface area (Å²) in [7, 11) is 0. The van der Waals surface area contributed by atoms with Crippen molar-refractivity contribution in [2.45, 2.75) is 37.8 Å². The summed E-state index contributed by atoms with van der Waals surface area (Å²) in [5.74, 6) is -4.22. The summed E-state index contributed by atoms with van der Waals surface area (Å²) in [5.41, 5.74) is 6.07. The predicted molar refractivity (Wildman–Crippen MR) is 263 cm³/mol. The highest BCUT2D eigenvalue weighted by atomic mass is 16.6. The summed E-state index contributed by atoms with van der Waals surface area (Å²) in [4.78, 5) is 73.8. The Morgan fingerprint density at radius 3 is 1.24 bits per heavy atom. The van der Waals surface area contributed by atoms with E-state index in [0.29, 0.717) is 152 Å². The minimum Gasteiger partial charge on any atom is -0.479 e. The number of benzene rings is 1. The molecule has 0 unspecified atom stereocenters. The standard InChI is InChI=1S/C48H82N6O20/c49-9-11-63-13-15-65-17-19-67-21-23-69-25-27-71-29-31-73-33-32-72-30-28-70-26-24-68-22-20-66-18-16-64-14-12-62-10-8-42(55)50-35-43(56)51-37-45(58)54-41(34-39-4-2-1-3-5-39)47(59)52-36-44(57)53-38-74-46(48(60)61)40-6-7-40/h1-5,40-41,46H,6-38,49H2,(H,50,55)(H,51,56)(H,52,59)(H,53,57)(H,54,58)(H,60,61)/t41-,46-/m0/s1. The number of carboxylic acid groups (broad SMARTS) is 1. The second-order valence-electron chi connectivity index (χ2n) is 16.0. The van der Waals surface area contributed by atoms with Crippen molar-refractivity contribution < 1.29 is 95.5 Å². The first kappa shape index (κ1) is 65.6. The lowest BCUT2D eigenvalue weighted by atomic mass is 10.1. The van der Waals surface area contributed by atoms with Crippen molar-refractivity contribution in [2.75, 3.05) is 191 Å². The Kier molecular flexibility index (Phi) is 41.6. The minimum atomic E-state index is -1.11. The van der Waals surface area contributed by atoms with Crippen LogP contribution in [0, 0.1) is 5.92 Å². The SMILES string of the molecule is NCCOCCOCCOCCOCCOCCOCCOCCOCCOCCOCCOCCOCCC(=O)NCC(=O)NCC(=O)N[C@@H](Cc1ccccc1)C(=O)NCC(=O)NCO[C@H](C(=O)O)C1CC1. The van der Waals surface area contributed by atoms with Crippen molar-refractivity contribution in [2.24, 2.45) is 11.7 Å². The summed E-state index contributed by atoms with van der Waals surface area (Å²) in [6.45, 7) is 9.20. The molecule has 0 spiro atoms. The number of hydrogen-bond donors (Lipinski definition) is 7. The van der Waals surface area contributed by atoms with Crippen LogP contribution in [-0.2, 0) is 96.8 Å². The van der Waals surface area contributed by atoms with Crippen LogP contribution in [0.15, 0.2) is 30.3 Å². The van der Waals surface area contributed by atoms with Gasteiger partial charge in [-0.2, -0.15) is 0 Å². The van der Waals surface area contributed by atoms with Gasteiger partial charge in [0.25, 0.3) is 0 Å². The third kappa shape index (κ3) is 39.9. The van der Waals surface area contributed by atoms with Crippen molar-refractivity contribution in [3.8, 4) is 0 Å². The van der Waals surface area contributed by atoms with Crippen molar-refractivity contribution >= 4 is 35.5 Å². The van der Waals surface area contributed by atoms with Gasteiger partial charge in [0.05, 0.1) is 178 Å². The highest BCUT2D eigenvalue weighted by molar-refractivity contribution is 5.92. The van der Waals surface area contributed by atoms with E-state index in [1.807, 2.05) is 0 Å². The molecule has 1 aliphatic carbocycles. The minimum absolute atomic E-state index is 0.00377. The molecule has 0 aliphatic heterocycles. The molecular formula is C48H82N6O20. The van der Waals surface area contributed by atoms with Crippen LogP contribution in [0.25, 0.3) is 0 Å². The predicted octanol–water partition coefficient (Wildman–Crippen LogP) is -2.44. The van der Waals surface area contributed by atoms with Gasteiger partial charge in [-0.3, -0.25) is 24.0 Å². The summed E-state index contributed by atoms with van der Waals surface area (Å²) >= 11 is 0. The maximum Gasteiger partial charge on any atom is 0.333 e. The number of amides is 5. The average molecular weight is 1060 g/mol. The van der Waals surface area contributed by atoms with Crippen molar-refractivity contribution in [3.63, 3.8) is 0 Å². The molecule has 1 fully saturated rings. The second-order valence-corrected chi connectivity index (χ2v) is 16.0. The molecule has 0 aromatic heterocycles. The van der Waals surface area contributed by atoms with Crippen LogP contribution in [0.2, 0.25) is 0 Å². The highest BCUT2D eigenvalue weighted by Gasteiger charge is 2.37. The van der Waals surface area contributed by atoms with E-state index >= 15 is 0 Å².